The highest BCUT2D eigenvalue weighted by molar-refractivity contribution is 7.99. The second kappa shape index (κ2) is 6.15. The predicted molar refractivity (Wildman–Crippen MR) is 77.1 cm³/mol. The van der Waals surface area contributed by atoms with Crippen LogP contribution in [-0.4, -0.2) is 34.9 Å². The molecule has 1 atom stereocenters. The van der Waals surface area contributed by atoms with Gasteiger partial charge in [0.1, 0.15) is 0 Å². The van der Waals surface area contributed by atoms with E-state index in [4.69, 9.17) is 5.84 Å². The topological polar surface area (TPSA) is 58.4 Å². The Bertz CT molecular complexity index is 536. The summed E-state index contributed by atoms with van der Waals surface area (Å²) in [6, 6.07) is 3.41. The first-order valence-corrected chi connectivity index (χ1v) is 7.56. The summed E-state index contributed by atoms with van der Waals surface area (Å²) >= 11 is 1.73. The van der Waals surface area contributed by atoms with E-state index in [1.165, 1.54) is 12.1 Å². The van der Waals surface area contributed by atoms with Crippen LogP contribution in [0.3, 0.4) is 0 Å². The van der Waals surface area contributed by atoms with Crippen LogP contribution in [0.1, 0.15) is 22.8 Å². The number of nitrogens with two attached hydrogens (primary N) is 1. The number of nitrogen functional groups attached to an aromatic ring is 1. The Morgan fingerprint density at radius 1 is 1.48 bits per heavy atom. The van der Waals surface area contributed by atoms with E-state index in [0.717, 1.165) is 17.6 Å². The smallest absolute Gasteiger partial charge is 0.334 e. The first-order valence-electron chi connectivity index (χ1n) is 6.41. The molecule has 0 spiro atoms. The SMILES string of the molecule is CC1CSCCN1C(=O)c1ccc(NN)c(C(F)(F)F)c1. The molecule has 0 bridgehead atoms. The Balaban J connectivity index is 2.34. The maximum Gasteiger partial charge on any atom is 0.418 e. The van der Waals surface area contributed by atoms with Gasteiger partial charge in [0.15, 0.2) is 0 Å². The number of nitrogens with one attached hydrogen (secondary N) is 1. The van der Waals surface area contributed by atoms with Crippen molar-refractivity contribution in [3.8, 4) is 0 Å². The van der Waals surface area contributed by atoms with Gasteiger partial charge in [-0.05, 0) is 25.1 Å². The van der Waals surface area contributed by atoms with Gasteiger partial charge in [-0.2, -0.15) is 24.9 Å². The molecule has 0 radical (unpaired) electrons. The van der Waals surface area contributed by atoms with Crippen LogP contribution in [0.15, 0.2) is 18.2 Å². The number of carbonyl (C=O) groups excluding carboxylic acids is 1. The summed E-state index contributed by atoms with van der Waals surface area (Å²) in [7, 11) is 0. The van der Waals surface area contributed by atoms with Crippen LogP contribution >= 0.6 is 11.8 Å². The zero-order valence-electron chi connectivity index (χ0n) is 11.4. The summed E-state index contributed by atoms with van der Waals surface area (Å²) in [4.78, 5) is 14.0. The highest BCUT2D eigenvalue weighted by Crippen LogP contribution is 2.35. The zero-order valence-corrected chi connectivity index (χ0v) is 12.2. The second-order valence-electron chi connectivity index (χ2n) is 4.82. The molecule has 0 aliphatic carbocycles. The van der Waals surface area contributed by atoms with Gasteiger partial charge >= 0.3 is 6.18 Å². The minimum atomic E-state index is -4.57. The number of rotatable bonds is 2. The third-order valence-corrected chi connectivity index (χ3v) is 4.55. The van der Waals surface area contributed by atoms with E-state index in [0.29, 0.717) is 6.54 Å². The molecule has 3 N–H and O–H groups in total. The van der Waals surface area contributed by atoms with Gasteiger partial charge in [-0.1, -0.05) is 0 Å². The van der Waals surface area contributed by atoms with Crippen LogP contribution in [0.25, 0.3) is 0 Å². The number of thioether (sulfide) groups is 1. The number of carbonyl (C=O) groups is 1. The Kier molecular flexibility index (Phi) is 4.67. The number of anilines is 1. The highest BCUT2D eigenvalue weighted by Gasteiger charge is 2.35. The molecule has 0 saturated carbocycles. The molecular formula is C13H16F3N3OS. The first-order chi connectivity index (χ1) is 9.84. The fraction of sp³-hybridized carbons (Fsp3) is 0.462. The van der Waals surface area contributed by atoms with Crippen LogP contribution in [0.5, 0.6) is 0 Å². The zero-order chi connectivity index (χ0) is 15.6. The molecule has 4 nitrogen and oxygen atoms in total. The molecule has 1 aromatic carbocycles. The summed E-state index contributed by atoms with van der Waals surface area (Å²) in [6.07, 6.45) is -4.57. The van der Waals surface area contributed by atoms with Crippen molar-refractivity contribution in [1.82, 2.24) is 4.90 Å². The highest BCUT2D eigenvalue weighted by atomic mass is 32.2. The molecule has 21 heavy (non-hydrogen) atoms. The second-order valence-corrected chi connectivity index (χ2v) is 5.97. The van der Waals surface area contributed by atoms with Crippen molar-refractivity contribution in [2.75, 3.05) is 23.5 Å². The quantitative estimate of drug-likeness (QED) is 0.650. The number of alkyl halides is 3. The summed E-state index contributed by atoms with van der Waals surface area (Å²) in [5.41, 5.74) is 0.852. The number of benzene rings is 1. The molecule has 1 unspecified atom stereocenters. The van der Waals surface area contributed by atoms with Gasteiger partial charge < -0.3 is 10.3 Å². The van der Waals surface area contributed by atoms with Crippen LogP contribution in [-0.2, 0) is 6.18 Å². The fourth-order valence-corrected chi connectivity index (χ4v) is 3.25. The first kappa shape index (κ1) is 16.0. The number of nitrogens with zero attached hydrogens (tertiary/aromatic N) is 1. The Hall–Kier alpha value is -1.41. The third kappa shape index (κ3) is 3.44. The molecule has 1 amide bonds. The van der Waals surface area contributed by atoms with Crippen molar-refractivity contribution in [3.05, 3.63) is 29.3 Å². The Morgan fingerprint density at radius 3 is 2.76 bits per heavy atom. The molecule has 1 aliphatic heterocycles. The molecule has 2 rings (SSSR count). The summed E-state index contributed by atoms with van der Waals surface area (Å²) in [5.74, 6) is 6.30. The lowest BCUT2D eigenvalue weighted by Gasteiger charge is -2.33. The monoisotopic (exact) mass is 319 g/mol. The molecule has 8 heteroatoms. The lowest BCUT2D eigenvalue weighted by atomic mass is 10.1. The van der Waals surface area contributed by atoms with E-state index in [-0.39, 0.29) is 23.2 Å². The van der Waals surface area contributed by atoms with Crippen LogP contribution in [0, 0.1) is 0 Å². The van der Waals surface area contributed by atoms with Gasteiger partial charge in [-0.15, -0.1) is 0 Å². The predicted octanol–water partition coefficient (Wildman–Crippen LogP) is 2.57. The maximum atomic E-state index is 13.0. The van der Waals surface area contributed by atoms with Crippen molar-refractivity contribution in [3.63, 3.8) is 0 Å². The molecular weight excluding hydrogens is 303 g/mol. The number of amides is 1. The van der Waals surface area contributed by atoms with Gasteiger partial charge in [0.05, 0.1) is 11.3 Å². The van der Waals surface area contributed by atoms with Crippen molar-refractivity contribution >= 4 is 23.4 Å². The van der Waals surface area contributed by atoms with Crippen LogP contribution < -0.4 is 11.3 Å². The van der Waals surface area contributed by atoms with E-state index in [1.54, 1.807) is 16.7 Å². The molecule has 1 aromatic rings. The molecule has 1 saturated heterocycles. The normalized spacial score (nSPS) is 19.5. The minimum Gasteiger partial charge on any atom is -0.334 e. The maximum absolute atomic E-state index is 13.0. The van der Waals surface area contributed by atoms with Crippen molar-refractivity contribution in [2.45, 2.75) is 19.1 Å². The average Bonchev–Trinajstić information content (AvgIpc) is 2.45. The fourth-order valence-electron chi connectivity index (χ4n) is 2.23. The largest absolute Gasteiger partial charge is 0.418 e. The van der Waals surface area contributed by atoms with E-state index < -0.39 is 11.7 Å². The van der Waals surface area contributed by atoms with E-state index in [2.05, 4.69) is 0 Å². The van der Waals surface area contributed by atoms with E-state index >= 15 is 0 Å². The number of halogens is 3. The molecule has 1 fully saturated rings. The van der Waals surface area contributed by atoms with Gasteiger partial charge in [-0.25, -0.2) is 0 Å². The van der Waals surface area contributed by atoms with Gasteiger partial charge in [0, 0.05) is 29.7 Å². The van der Waals surface area contributed by atoms with Crippen molar-refractivity contribution in [1.29, 1.82) is 0 Å². The van der Waals surface area contributed by atoms with E-state index in [9.17, 15) is 18.0 Å². The lowest BCUT2D eigenvalue weighted by molar-refractivity contribution is -0.137. The van der Waals surface area contributed by atoms with E-state index in [1.807, 2.05) is 12.3 Å². The Morgan fingerprint density at radius 2 is 2.19 bits per heavy atom. The number of hydrogen-bond acceptors (Lipinski definition) is 4. The van der Waals surface area contributed by atoms with Crippen molar-refractivity contribution < 1.29 is 18.0 Å². The average molecular weight is 319 g/mol. The lowest BCUT2D eigenvalue weighted by Crippen LogP contribution is -2.44. The standard InChI is InChI=1S/C13H16F3N3OS/c1-8-7-21-5-4-19(8)12(20)9-2-3-11(18-17)10(6-9)13(14,15)16/h2-3,6,8,18H,4-5,7,17H2,1H3. The molecule has 0 aromatic heterocycles. The third-order valence-electron chi connectivity index (χ3n) is 3.36. The molecule has 1 heterocycles. The van der Waals surface area contributed by atoms with Crippen molar-refractivity contribution in [2.24, 2.45) is 5.84 Å². The Labute approximate surface area is 124 Å². The number of hydrogen-bond donors (Lipinski definition) is 2. The van der Waals surface area contributed by atoms with Crippen LogP contribution in [0.4, 0.5) is 18.9 Å². The summed E-state index contributed by atoms with van der Waals surface area (Å²) < 4.78 is 38.9. The summed E-state index contributed by atoms with van der Waals surface area (Å²) in [5, 5.41) is 0. The van der Waals surface area contributed by atoms with Gasteiger partial charge in [-0.3, -0.25) is 10.6 Å². The molecule has 116 valence electrons. The van der Waals surface area contributed by atoms with Crippen LogP contribution in [0.2, 0.25) is 0 Å². The van der Waals surface area contributed by atoms with Gasteiger partial charge in [0.2, 0.25) is 0 Å². The minimum absolute atomic E-state index is 0.0119. The number of hydrazine groups is 1. The van der Waals surface area contributed by atoms with Gasteiger partial charge in [0.25, 0.3) is 5.91 Å². The molecule has 1 aliphatic rings. The summed E-state index contributed by atoms with van der Waals surface area (Å²) in [6.45, 7) is 2.44.